The Bertz CT molecular complexity index is 1890. The van der Waals surface area contributed by atoms with E-state index in [1.807, 2.05) is 0 Å². The Morgan fingerprint density at radius 3 is 1.24 bits per heavy atom. The van der Waals surface area contributed by atoms with E-state index in [0.717, 1.165) is 24.3 Å². The van der Waals surface area contributed by atoms with Gasteiger partial charge in [-0.05, 0) is 0 Å². The SMILES string of the molecule is COc1ccc(C2(c3ccccc3)C[P-]34(O2)(OC(C(F)(F)F)(C(F)(F)F)c2ccccc23)OC(C(F)(F)F)(C(F)(F)F)c2ccccc24)cc1. The molecule has 1 spiro atoms. The molecule has 1 unspecified atom stereocenters. The summed E-state index contributed by atoms with van der Waals surface area (Å²) in [6.07, 6.45) is -27.6. The van der Waals surface area contributed by atoms with E-state index in [1.54, 1.807) is 0 Å². The Balaban J connectivity index is 1.72. The van der Waals surface area contributed by atoms with Crippen LogP contribution in [0.25, 0.3) is 0 Å². The van der Waals surface area contributed by atoms with Crippen LogP contribution >= 0.6 is 6.63 Å². The normalized spacial score (nSPS) is 25.4. The second-order valence-electron chi connectivity index (χ2n) is 12.3. The van der Waals surface area contributed by atoms with E-state index in [2.05, 4.69) is 0 Å². The van der Waals surface area contributed by atoms with E-state index in [1.165, 1.54) is 61.7 Å². The van der Waals surface area contributed by atoms with Crippen molar-refractivity contribution in [1.29, 1.82) is 0 Å². The molecule has 3 aliphatic heterocycles. The number of hydrogen-bond acceptors (Lipinski definition) is 4. The zero-order chi connectivity index (χ0) is 36.5. The fraction of sp³-hybridized carbons (Fsp3) is 0.273. The predicted octanol–water partition coefficient (Wildman–Crippen LogP) is 9.15. The zero-order valence-corrected chi connectivity index (χ0v) is 26.0. The summed E-state index contributed by atoms with van der Waals surface area (Å²) in [5.41, 5.74) is -17.1. The topological polar surface area (TPSA) is 36.9 Å². The second-order valence-corrected chi connectivity index (χ2v) is 17.3. The van der Waals surface area contributed by atoms with E-state index in [-0.39, 0.29) is 16.9 Å². The van der Waals surface area contributed by atoms with Gasteiger partial charge in [0.15, 0.2) is 0 Å². The van der Waals surface area contributed by atoms with Gasteiger partial charge >= 0.3 is 274 Å². The molecule has 0 radical (unpaired) electrons. The molecule has 50 heavy (non-hydrogen) atoms. The summed E-state index contributed by atoms with van der Waals surface area (Å²) in [6, 6.07) is 16.9. The van der Waals surface area contributed by atoms with Crippen LogP contribution in [0.4, 0.5) is 52.7 Å². The van der Waals surface area contributed by atoms with Crippen molar-refractivity contribution in [2.45, 2.75) is 41.5 Å². The molecule has 17 heteroatoms. The van der Waals surface area contributed by atoms with E-state index in [9.17, 15) is 0 Å². The third-order valence-corrected chi connectivity index (χ3v) is 16.3. The molecule has 0 saturated carbocycles. The number of halogens is 12. The number of methoxy groups -OCH3 is 1. The summed E-state index contributed by atoms with van der Waals surface area (Å²) in [6.45, 7) is -8.20. The van der Waals surface area contributed by atoms with Crippen LogP contribution in [0, 0.1) is 0 Å². The van der Waals surface area contributed by atoms with Gasteiger partial charge in [-0.25, -0.2) is 0 Å². The van der Waals surface area contributed by atoms with Gasteiger partial charge in [0.1, 0.15) is 0 Å². The van der Waals surface area contributed by atoms with Crippen molar-refractivity contribution in [3.8, 4) is 5.75 Å². The summed E-state index contributed by atoms with van der Waals surface area (Å²) in [5, 5.41) is -2.73. The molecule has 0 N–H and O–H groups in total. The molecule has 4 aromatic rings. The minimum absolute atomic E-state index is 0.0494. The monoisotopic (exact) mass is 741 g/mol. The molecule has 3 heterocycles. The number of hydrogen-bond donors (Lipinski definition) is 0. The van der Waals surface area contributed by atoms with E-state index < -0.39 is 76.0 Å². The van der Waals surface area contributed by atoms with Gasteiger partial charge in [0, 0.05) is 0 Å². The fourth-order valence-corrected chi connectivity index (χ4v) is 16.3. The van der Waals surface area contributed by atoms with Crippen molar-refractivity contribution in [1.82, 2.24) is 0 Å². The summed E-state index contributed by atoms with van der Waals surface area (Å²) in [4.78, 5) is 0. The molecule has 1 atom stereocenters. The van der Waals surface area contributed by atoms with Crippen molar-refractivity contribution in [2.24, 2.45) is 0 Å². The van der Waals surface area contributed by atoms with Gasteiger partial charge < -0.3 is 0 Å². The van der Waals surface area contributed by atoms with Crippen LogP contribution in [0.15, 0.2) is 103 Å². The van der Waals surface area contributed by atoms with Crippen LogP contribution in [0.2, 0.25) is 0 Å². The van der Waals surface area contributed by atoms with Crippen LogP contribution in [-0.4, -0.2) is 38.0 Å². The maximum absolute atomic E-state index is 15.3. The molecule has 1 saturated heterocycles. The quantitative estimate of drug-likeness (QED) is 0.155. The molecule has 0 aromatic heterocycles. The molecule has 4 aromatic carbocycles. The third kappa shape index (κ3) is 3.65. The molecule has 7 rings (SSSR count). The first-order chi connectivity index (χ1) is 23.1. The molecule has 0 amide bonds. The van der Waals surface area contributed by atoms with Gasteiger partial charge in [-0.3, -0.25) is 0 Å². The molecule has 268 valence electrons. The number of benzene rings is 4. The first-order valence-corrected chi connectivity index (χ1v) is 17.2. The van der Waals surface area contributed by atoms with Crippen molar-refractivity contribution in [3.63, 3.8) is 0 Å². The third-order valence-electron chi connectivity index (χ3n) is 9.83. The standard InChI is InChI=1S/C33H22F12O4P/c1-46-22-17-15-21(16-18-22)27(20-9-3-2-4-10-20)19-50(47-27,25-13-7-5-11-23(25)28(48-50,30(34,35)36)31(37,38)39)26-14-8-6-12-24(26)29(49-50,32(40,41)42)33(43,44)45/h2-18H,19H2,1H3/q-1. The van der Waals surface area contributed by atoms with Gasteiger partial charge in [0.2, 0.25) is 0 Å². The van der Waals surface area contributed by atoms with Crippen molar-refractivity contribution < 1.29 is 71.0 Å². The summed E-state index contributed by atoms with van der Waals surface area (Å²) >= 11 is 0. The van der Waals surface area contributed by atoms with Crippen LogP contribution in [-0.2, 0) is 30.4 Å². The summed E-state index contributed by atoms with van der Waals surface area (Å²) in [7, 11) is 1.28. The first kappa shape index (κ1) is 34.6. The molecule has 1 fully saturated rings. The van der Waals surface area contributed by atoms with Crippen LogP contribution < -0.4 is 15.3 Å². The van der Waals surface area contributed by atoms with Gasteiger partial charge in [0.05, 0.1) is 0 Å². The van der Waals surface area contributed by atoms with Crippen molar-refractivity contribution in [2.75, 3.05) is 13.3 Å². The molecule has 3 aliphatic rings. The number of alkyl halides is 12. The van der Waals surface area contributed by atoms with E-state index in [0.29, 0.717) is 24.3 Å². The van der Waals surface area contributed by atoms with Crippen molar-refractivity contribution >= 4 is 17.2 Å². The van der Waals surface area contributed by atoms with Crippen LogP contribution in [0.5, 0.6) is 5.75 Å². The Hall–Kier alpha value is -3.85. The maximum atomic E-state index is 15.3. The Labute approximate surface area is 274 Å². The summed E-state index contributed by atoms with van der Waals surface area (Å²) in [5.74, 6) is 0.210. The average molecular weight is 741 g/mol. The Morgan fingerprint density at radius 1 is 0.500 bits per heavy atom. The van der Waals surface area contributed by atoms with Crippen LogP contribution in [0.3, 0.4) is 0 Å². The van der Waals surface area contributed by atoms with Gasteiger partial charge in [-0.2, -0.15) is 0 Å². The Morgan fingerprint density at radius 2 is 0.860 bits per heavy atom. The molecular formula is C33H22F12O4P-. The first-order valence-electron chi connectivity index (χ1n) is 14.5. The van der Waals surface area contributed by atoms with Crippen LogP contribution in [0.1, 0.15) is 22.3 Å². The molecular weight excluding hydrogens is 719 g/mol. The molecule has 0 aliphatic carbocycles. The van der Waals surface area contributed by atoms with E-state index in [4.69, 9.17) is 18.3 Å². The zero-order valence-electron chi connectivity index (χ0n) is 25.1. The Kier molecular flexibility index (Phi) is 6.59. The predicted molar refractivity (Wildman–Crippen MR) is 155 cm³/mol. The fourth-order valence-electron chi connectivity index (χ4n) is 8.04. The molecule has 4 nitrogen and oxygen atoms in total. The summed E-state index contributed by atoms with van der Waals surface area (Å²) < 4.78 is 206. The number of fused-ring (bicyclic) bond motifs is 2. The second kappa shape index (κ2) is 9.52. The minimum atomic E-state index is -8.20. The average Bonchev–Trinajstić information content (AvgIpc) is 3.46. The molecule has 0 bridgehead atoms. The number of rotatable bonds is 3. The van der Waals surface area contributed by atoms with Crippen molar-refractivity contribution in [3.05, 3.63) is 125 Å². The van der Waals surface area contributed by atoms with Gasteiger partial charge in [0.25, 0.3) is 0 Å². The number of ether oxygens (including phenoxy) is 1. The van der Waals surface area contributed by atoms with Gasteiger partial charge in [-0.15, -0.1) is 0 Å². The van der Waals surface area contributed by atoms with E-state index >= 15 is 52.7 Å². The van der Waals surface area contributed by atoms with Gasteiger partial charge in [-0.1, -0.05) is 0 Å².